The van der Waals surface area contributed by atoms with Crippen LogP contribution in [0.15, 0.2) is 24.3 Å². The quantitative estimate of drug-likeness (QED) is 0.379. The molecular formula is C23H38O5. The van der Waals surface area contributed by atoms with Gasteiger partial charge in [0.15, 0.2) is 0 Å². The van der Waals surface area contributed by atoms with E-state index in [0.717, 1.165) is 38.5 Å². The molecule has 0 radical (unpaired) electrons. The van der Waals surface area contributed by atoms with Crippen molar-refractivity contribution >= 4 is 5.97 Å². The van der Waals surface area contributed by atoms with Crippen LogP contribution in [-0.2, 0) is 4.79 Å². The minimum Gasteiger partial charge on any atom is -0.481 e. The smallest absolute Gasteiger partial charge is 0.306 e. The van der Waals surface area contributed by atoms with Crippen LogP contribution in [0.2, 0.25) is 0 Å². The minimum absolute atomic E-state index is 0.0669. The number of aliphatic hydroxyl groups excluding tert-OH is 3. The van der Waals surface area contributed by atoms with Gasteiger partial charge in [-0.25, -0.2) is 0 Å². The van der Waals surface area contributed by atoms with E-state index in [1.807, 2.05) is 18.2 Å². The number of carboxylic acid groups (broad SMARTS) is 1. The lowest BCUT2D eigenvalue weighted by atomic mass is 9.74. The molecule has 4 N–H and O–H groups in total. The summed E-state index contributed by atoms with van der Waals surface area (Å²) in [5, 5.41) is 39.9. The molecule has 0 aromatic heterocycles. The van der Waals surface area contributed by atoms with Crippen molar-refractivity contribution in [3.63, 3.8) is 0 Å². The number of aliphatic hydroxyl groups is 3. The average molecular weight is 395 g/mol. The molecule has 2 aliphatic rings. The third kappa shape index (κ3) is 6.71. The Hall–Kier alpha value is -1.17. The van der Waals surface area contributed by atoms with Crippen molar-refractivity contribution in [3.05, 3.63) is 24.3 Å². The molecule has 5 heteroatoms. The molecule has 160 valence electrons. The van der Waals surface area contributed by atoms with Crippen molar-refractivity contribution in [1.29, 1.82) is 0 Å². The van der Waals surface area contributed by atoms with Gasteiger partial charge in [0.2, 0.25) is 0 Å². The van der Waals surface area contributed by atoms with Crippen LogP contribution in [0.5, 0.6) is 0 Å². The molecule has 2 saturated carbocycles. The molecule has 0 aliphatic heterocycles. The van der Waals surface area contributed by atoms with Crippen molar-refractivity contribution in [2.24, 2.45) is 23.7 Å². The van der Waals surface area contributed by atoms with Crippen LogP contribution < -0.4 is 0 Å². The maximum absolute atomic E-state index is 11.4. The van der Waals surface area contributed by atoms with Gasteiger partial charge in [0.1, 0.15) is 0 Å². The summed E-state index contributed by atoms with van der Waals surface area (Å²) >= 11 is 0. The second-order valence-electron chi connectivity index (χ2n) is 8.63. The maximum Gasteiger partial charge on any atom is 0.306 e. The van der Waals surface area contributed by atoms with E-state index in [1.54, 1.807) is 6.08 Å². The number of hydrogen-bond donors (Lipinski definition) is 4. The maximum atomic E-state index is 11.4. The van der Waals surface area contributed by atoms with Crippen molar-refractivity contribution in [2.75, 3.05) is 0 Å². The molecule has 0 amide bonds. The molecule has 1 unspecified atom stereocenters. The average Bonchev–Trinajstić information content (AvgIpc) is 2.87. The van der Waals surface area contributed by atoms with Crippen LogP contribution in [0.3, 0.4) is 0 Å². The lowest BCUT2D eigenvalue weighted by molar-refractivity contribution is -0.145. The van der Waals surface area contributed by atoms with Gasteiger partial charge in [0, 0.05) is 12.3 Å². The van der Waals surface area contributed by atoms with Gasteiger partial charge in [-0.3, -0.25) is 4.79 Å². The highest BCUT2D eigenvalue weighted by Gasteiger charge is 2.39. The molecule has 0 aromatic carbocycles. The Balaban J connectivity index is 1.81. The Morgan fingerprint density at radius 2 is 1.89 bits per heavy atom. The fraction of sp³-hybridized carbons (Fsp3) is 0.783. The summed E-state index contributed by atoms with van der Waals surface area (Å²) in [5.41, 5.74) is 0. The molecule has 2 fully saturated rings. The first-order valence-corrected chi connectivity index (χ1v) is 11.0. The zero-order chi connectivity index (χ0) is 20.5. The topological polar surface area (TPSA) is 98.0 Å². The highest BCUT2D eigenvalue weighted by Crippen LogP contribution is 2.37. The van der Waals surface area contributed by atoms with Crippen LogP contribution in [0.4, 0.5) is 0 Å². The molecule has 0 aromatic rings. The SMILES string of the molecule is CCCC[C@@H](O)/C=C/[C@@H]1[C@@H](C/C=C\CCC(C(=O)O)C2CCC2)[C@@H](O)C[C@H]1O. The molecule has 0 spiro atoms. The van der Waals surface area contributed by atoms with Crippen LogP contribution in [0.1, 0.15) is 71.1 Å². The van der Waals surface area contributed by atoms with Gasteiger partial charge in [-0.05, 0) is 50.4 Å². The van der Waals surface area contributed by atoms with E-state index in [4.69, 9.17) is 0 Å². The summed E-state index contributed by atoms with van der Waals surface area (Å²) in [6.07, 6.45) is 14.4. The van der Waals surface area contributed by atoms with Crippen LogP contribution in [-0.4, -0.2) is 44.7 Å². The van der Waals surface area contributed by atoms with E-state index in [-0.39, 0.29) is 17.8 Å². The Labute approximate surface area is 169 Å². The third-order valence-corrected chi connectivity index (χ3v) is 6.58. The molecule has 0 heterocycles. The van der Waals surface area contributed by atoms with Gasteiger partial charge in [0.05, 0.1) is 24.2 Å². The first kappa shape index (κ1) is 23.1. The largest absolute Gasteiger partial charge is 0.481 e. The highest BCUT2D eigenvalue weighted by molar-refractivity contribution is 5.70. The number of hydrogen-bond acceptors (Lipinski definition) is 4. The predicted octanol–water partition coefficient (Wildman–Crippen LogP) is 3.68. The van der Waals surface area contributed by atoms with Crippen molar-refractivity contribution < 1.29 is 25.2 Å². The number of rotatable bonds is 12. The summed E-state index contributed by atoms with van der Waals surface area (Å²) in [7, 11) is 0. The van der Waals surface area contributed by atoms with Crippen LogP contribution in [0, 0.1) is 23.7 Å². The monoisotopic (exact) mass is 394 g/mol. The highest BCUT2D eigenvalue weighted by atomic mass is 16.4. The van der Waals surface area contributed by atoms with Gasteiger partial charge in [-0.2, -0.15) is 0 Å². The molecule has 2 rings (SSSR count). The lowest BCUT2D eigenvalue weighted by Gasteiger charge is -2.30. The van der Waals surface area contributed by atoms with Gasteiger partial charge >= 0.3 is 5.97 Å². The van der Waals surface area contributed by atoms with E-state index in [1.165, 1.54) is 0 Å². The lowest BCUT2D eigenvalue weighted by Crippen LogP contribution is -2.28. The summed E-state index contributed by atoms with van der Waals surface area (Å²) < 4.78 is 0. The Morgan fingerprint density at radius 1 is 1.14 bits per heavy atom. The molecule has 5 nitrogen and oxygen atoms in total. The molecular weight excluding hydrogens is 356 g/mol. The zero-order valence-electron chi connectivity index (χ0n) is 17.1. The van der Waals surface area contributed by atoms with E-state index in [9.17, 15) is 25.2 Å². The third-order valence-electron chi connectivity index (χ3n) is 6.58. The number of allylic oxidation sites excluding steroid dienone is 2. The molecule has 2 aliphatic carbocycles. The van der Waals surface area contributed by atoms with Gasteiger partial charge in [-0.15, -0.1) is 0 Å². The summed E-state index contributed by atoms with van der Waals surface area (Å²) in [6, 6.07) is 0. The number of unbranched alkanes of at least 4 members (excludes halogenated alkanes) is 1. The molecule has 28 heavy (non-hydrogen) atoms. The fourth-order valence-corrected chi connectivity index (χ4v) is 4.52. The van der Waals surface area contributed by atoms with E-state index in [2.05, 4.69) is 6.92 Å². The molecule has 0 saturated heterocycles. The van der Waals surface area contributed by atoms with Crippen LogP contribution >= 0.6 is 0 Å². The zero-order valence-corrected chi connectivity index (χ0v) is 17.1. The van der Waals surface area contributed by atoms with Crippen molar-refractivity contribution in [1.82, 2.24) is 0 Å². The predicted molar refractivity (Wildman–Crippen MR) is 110 cm³/mol. The number of aliphatic carboxylic acids is 1. The Morgan fingerprint density at radius 3 is 2.50 bits per heavy atom. The first-order chi connectivity index (χ1) is 13.4. The number of carboxylic acids is 1. The van der Waals surface area contributed by atoms with Gasteiger partial charge < -0.3 is 20.4 Å². The second-order valence-corrected chi connectivity index (χ2v) is 8.63. The molecule has 6 atom stereocenters. The second kappa shape index (κ2) is 11.7. The van der Waals surface area contributed by atoms with Gasteiger partial charge in [-0.1, -0.05) is 50.5 Å². The Kier molecular flexibility index (Phi) is 9.69. The van der Waals surface area contributed by atoms with Crippen LogP contribution in [0.25, 0.3) is 0 Å². The van der Waals surface area contributed by atoms with Crippen molar-refractivity contribution in [3.8, 4) is 0 Å². The van der Waals surface area contributed by atoms with E-state index < -0.39 is 24.3 Å². The van der Waals surface area contributed by atoms with Crippen molar-refractivity contribution in [2.45, 2.75) is 89.4 Å². The fourth-order valence-electron chi connectivity index (χ4n) is 4.52. The van der Waals surface area contributed by atoms with E-state index in [0.29, 0.717) is 31.6 Å². The first-order valence-electron chi connectivity index (χ1n) is 11.0. The van der Waals surface area contributed by atoms with Gasteiger partial charge in [0.25, 0.3) is 0 Å². The summed E-state index contributed by atoms with van der Waals surface area (Å²) in [4.78, 5) is 11.4. The van der Waals surface area contributed by atoms with E-state index >= 15 is 0 Å². The minimum atomic E-state index is -0.681. The number of carbonyl (C=O) groups is 1. The normalized spacial score (nSPS) is 30.7. The summed E-state index contributed by atoms with van der Waals surface area (Å²) in [5.74, 6) is -0.802. The Bertz CT molecular complexity index is 525. The molecule has 0 bridgehead atoms. The summed E-state index contributed by atoms with van der Waals surface area (Å²) in [6.45, 7) is 2.08. The standard InChI is InChI=1S/C23H38O5/c1-2-3-10-17(24)13-14-20-19(21(25)15-22(20)26)12-6-4-5-11-18(23(27)28)16-8-7-9-16/h4,6,13-14,16-22,24-26H,2-3,5,7-12,15H2,1H3,(H,27,28)/b6-4-,14-13+/t17-,18?,19-,20-,21+,22-/m1/s1.